The third-order valence-electron chi connectivity index (χ3n) is 3.89. The quantitative estimate of drug-likeness (QED) is 0.268. The summed E-state index contributed by atoms with van der Waals surface area (Å²) in [6.45, 7) is -0.0368. The summed E-state index contributed by atoms with van der Waals surface area (Å²) in [5, 5.41) is 11.9. The molecule has 0 fully saturated rings. The number of carbonyl (C=O) groups is 2. The van der Waals surface area contributed by atoms with Crippen molar-refractivity contribution in [1.29, 1.82) is 5.26 Å². The summed E-state index contributed by atoms with van der Waals surface area (Å²) in [6, 6.07) is 20.7. The van der Waals surface area contributed by atoms with Crippen molar-refractivity contribution < 1.29 is 23.5 Å². The molecule has 2 aromatic carbocycles. The van der Waals surface area contributed by atoms with Gasteiger partial charge in [-0.1, -0.05) is 30.3 Å². The van der Waals surface area contributed by atoms with Crippen molar-refractivity contribution in [1.82, 2.24) is 5.32 Å². The summed E-state index contributed by atoms with van der Waals surface area (Å²) in [4.78, 5) is 24.0. The van der Waals surface area contributed by atoms with Gasteiger partial charge in [0.1, 0.15) is 28.9 Å². The van der Waals surface area contributed by atoms with Crippen molar-refractivity contribution >= 4 is 18.0 Å². The van der Waals surface area contributed by atoms with Gasteiger partial charge in [-0.15, -0.1) is 0 Å². The Kier molecular flexibility index (Phi) is 7.01. The van der Waals surface area contributed by atoms with Gasteiger partial charge in [0.05, 0.1) is 12.8 Å². The van der Waals surface area contributed by atoms with Crippen LogP contribution >= 0.6 is 0 Å². The van der Waals surface area contributed by atoms with Gasteiger partial charge in [-0.2, -0.15) is 5.26 Å². The van der Waals surface area contributed by atoms with Crippen LogP contribution < -0.4 is 14.8 Å². The molecule has 0 aliphatic rings. The number of furan rings is 1. The minimum absolute atomic E-state index is 0.0532. The molecule has 7 nitrogen and oxygen atoms in total. The van der Waals surface area contributed by atoms with Crippen molar-refractivity contribution in [2.45, 2.75) is 6.54 Å². The molecule has 0 radical (unpaired) electrons. The molecule has 0 unspecified atom stereocenters. The highest BCUT2D eigenvalue weighted by molar-refractivity contribution is 6.01. The molecule has 3 aromatic rings. The van der Waals surface area contributed by atoms with Crippen LogP contribution in [0.2, 0.25) is 0 Å². The van der Waals surface area contributed by atoms with Gasteiger partial charge in [-0.3, -0.25) is 4.79 Å². The van der Waals surface area contributed by atoms with Crippen LogP contribution in [0.1, 0.15) is 11.3 Å². The first-order chi connectivity index (χ1) is 14.6. The average Bonchev–Trinajstić information content (AvgIpc) is 3.30. The number of benzene rings is 2. The van der Waals surface area contributed by atoms with Crippen molar-refractivity contribution in [3.63, 3.8) is 0 Å². The minimum Gasteiger partial charge on any atom is -0.482 e. The van der Waals surface area contributed by atoms with Gasteiger partial charge in [0.25, 0.3) is 5.91 Å². The first kappa shape index (κ1) is 20.4. The smallest absolute Gasteiger partial charge is 0.349 e. The van der Waals surface area contributed by atoms with Crippen molar-refractivity contribution in [3.05, 3.63) is 89.9 Å². The van der Waals surface area contributed by atoms with E-state index in [1.165, 1.54) is 12.3 Å². The number of nitriles is 1. The van der Waals surface area contributed by atoms with Crippen molar-refractivity contribution in [2.75, 3.05) is 6.61 Å². The van der Waals surface area contributed by atoms with E-state index in [-0.39, 0.29) is 18.7 Å². The standard InChI is InChI=1S/C23H18N2O5/c24-14-18(23(27)25-15-21-7-4-12-28-21)13-17-8-10-20(11-9-17)30-22(26)16-29-19-5-2-1-3-6-19/h1-13H,15-16H2,(H,25,27)/b18-13+. The molecule has 1 amide bonds. The predicted octanol–water partition coefficient (Wildman–Crippen LogP) is 3.49. The van der Waals surface area contributed by atoms with Gasteiger partial charge in [0.2, 0.25) is 0 Å². The average molecular weight is 402 g/mol. The Morgan fingerprint density at radius 3 is 2.43 bits per heavy atom. The third-order valence-corrected chi connectivity index (χ3v) is 3.89. The zero-order valence-corrected chi connectivity index (χ0v) is 15.9. The molecule has 0 saturated heterocycles. The molecule has 0 aliphatic heterocycles. The molecule has 0 bridgehead atoms. The van der Waals surface area contributed by atoms with Crippen LogP contribution in [0.4, 0.5) is 0 Å². The van der Waals surface area contributed by atoms with E-state index in [0.717, 1.165) is 0 Å². The van der Waals surface area contributed by atoms with E-state index in [4.69, 9.17) is 13.9 Å². The second-order valence-electron chi connectivity index (χ2n) is 6.08. The van der Waals surface area contributed by atoms with Crippen LogP contribution in [0, 0.1) is 11.3 Å². The Morgan fingerprint density at radius 1 is 1.00 bits per heavy atom. The summed E-state index contributed by atoms with van der Waals surface area (Å²) in [7, 11) is 0. The molecule has 7 heteroatoms. The van der Waals surface area contributed by atoms with Crippen molar-refractivity contribution in [2.24, 2.45) is 0 Å². The number of nitrogens with one attached hydrogen (secondary N) is 1. The molecule has 150 valence electrons. The molecule has 1 N–H and O–H groups in total. The molecule has 3 rings (SSSR count). The monoisotopic (exact) mass is 402 g/mol. The number of esters is 1. The minimum atomic E-state index is -0.544. The Hall–Kier alpha value is -4.31. The SMILES string of the molecule is N#C/C(=C\c1ccc(OC(=O)COc2ccccc2)cc1)C(=O)NCc1ccco1. The number of nitrogens with zero attached hydrogens (tertiary/aromatic N) is 1. The summed E-state index contributed by atoms with van der Waals surface area (Å²) >= 11 is 0. The largest absolute Gasteiger partial charge is 0.482 e. The second kappa shape index (κ2) is 10.3. The lowest BCUT2D eigenvalue weighted by Gasteiger charge is -2.07. The third kappa shape index (κ3) is 6.11. The van der Waals surface area contributed by atoms with E-state index in [1.54, 1.807) is 60.7 Å². The van der Waals surface area contributed by atoms with Gasteiger partial charge in [0, 0.05) is 0 Å². The second-order valence-corrected chi connectivity index (χ2v) is 6.08. The molecule has 1 heterocycles. The summed E-state index contributed by atoms with van der Waals surface area (Å²) in [5.74, 6) is 0.432. The molecule has 0 aliphatic carbocycles. The Labute approximate surface area is 173 Å². The number of rotatable bonds is 8. The number of hydrogen-bond acceptors (Lipinski definition) is 6. The maximum atomic E-state index is 12.1. The van der Waals surface area contributed by atoms with Crippen LogP contribution in [0.5, 0.6) is 11.5 Å². The van der Waals surface area contributed by atoms with Gasteiger partial charge in [0.15, 0.2) is 6.61 Å². The van der Waals surface area contributed by atoms with E-state index in [9.17, 15) is 14.9 Å². The zero-order valence-electron chi connectivity index (χ0n) is 15.9. The molecule has 30 heavy (non-hydrogen) atoms. The molecule has 0 spiro atoms. The maximum Gasteiger partial charge on any atom is 0.349 e. The highest BCUT2D eigenvalue weighted by atomic mass is 16.6. The van der Waals surface area contributed by atoms with Crippen LogP contribution in [0.15, 0.2) is 83.0 Å². The lowest BCUT2D eigenvalue weighted by Crippen LogP contribution is -2.23. The Balaban J connectivity index is 1.53. The normalized spacial score (nSPS) is 10.7. The Morgan fingerprint density at radius 2 is 1.77 bits per heavy atom. The first-order valence-corrected chi connectivity index (χ1v) is 9.05. The predicted molar refractivity (Wildman–Crippen MR) is 108 cm³/mol. The van der Waals surface area contributed by atoms with E-state index < -0.39 is 11.9 Å². The number of amides is 1. The molecule has 0 atom stereocenters. The maximum absolute atomic E-state index is 12.1. The van der Waals surface area contributed by atoms with Crippen LogP contribution in [-0.2, 0) is 16.1 Å². The van der Waals surface area contributed by atoms with Gasteiger partial charge < -0.3 is 19.2 Å². The number of carbonyl (C=O) groups excluding carboxylic acids is 2. The highest BCUT2D eigenvalue weighted by Crippen LogP contribution is 2.15. The fourth-order valence-electron chi connectivity index (χ4n) is 2.44. The molecule has 0 saturated carbocycles. The summed E-state index contributed by atoms with van der Waals surface area (Å²) in [5.41, 5.74) is 0.558. The van der Waals surface area contributed by atoms with E-state index >= 15 is 0 Å². The summed E-state index contributed by atoms with van der Waals surface area (Å²) in [6.07, 6.45) is 2.95. The fourth-order valence-corrected chi connectivity index (χ4v) is 2.44. The number of ether oxygens (including phenoxy) is 2. The molecular weight excluding hydrogens is 384 g/mol. The first-order valence-electron chi connectivity index (χ1n) is 9.05. The molecular formula is C23H18N2O5. The topological polar surface area (TPSA) is 102 Å². The van der Waals surface area contributed by atoms with Gasteiger partial charge >= 0.3 is 5.97 Å². The lowest BCUT2D eigenvalue weighted by atomic mass is 10.1. The number of para-hydroxylation sites is 1. The molecule has 1 aromatic heterocycles. The van der Waals surface area contributed by atoms with Gasteiger partial charge in [-0.05, 0) is 48.0 Å². The van der Waals surface area contributed by atoms with Crippen LogP contribution in [0.3, 0.4) is 0 Å². The van der Waals surface area contributed by atoms with Gasteiger partial charge in [-0.25, -0.2) is 4.79 Å². The van der Waals surface area contributed by atoms with Crippen molar-refractivity contribution in [3.8, 4) is 17.6 Å². The van der Waals surface area contributed by atoms with Crippen LogP contribution in [0.25, 0.3) is 6.08 Å². The van der Waals surface area contributed by atoms with E-state index in [2.05, 4.69) is 5.32 Å². The zero-order chi connectivity index (χ0) is 21.2. The Bertz CT molecular complexity index is 1050. The fraction of sp³-hybridized carbons (Fsp3) is 0.0870. The number of hydrogen-bond donors (Lipinski definition) is 1. The van der Waals surface area contributed by atoms with E-state index in [1.807, 2.05) is 12.1 Å². The summed E-state index contributed by atoms with van der Waals surface area (Å²) < 4.78 is 15.7. The highest BCUT2D eigenvalue weighted by Gasteiger charge is 2.10. The van der Waals surface area contributed by atoms with E-state index in [0.29, 0.717) is 22.8 Å². The lowest BCUT2D eigenvalue weighted by molar-refractivity contribution is -0.136. The van der Waals surface area contributed by atoms with Crippen LogP contribution in [-0.4, -0.2) is 18.5 Å².